The van der Waals surface area contributed by atoms with E-state index in [9.17, 15) is 9.90 Å². The SMILES string of the molecule is CCCC(=O)NCC(C)(O)c1ccc(Cl)cc1. The smallest absolute Gasteiger partial charge is 0.220 e. The topological polar surface area (TPSA) is 49.3 Å². The van der Waals surface area contributed by atoms with E-state index >= 15 is 0 Å². The minimum atomic E-state index is -1.08. The Kier molecular flexibility index (Phi) is 4.97. The average molecular weight is 256 g/mol. The van der Waals surface area contributed by atoms with E-state index in [0.717, 1.165) is 12.0 Å². The number of benzene rings is 1. The number of carbonyl (C=O) groups excluding carboxylic acids is 1. The van der Waals surface area contributed by atoms with Gasteiger partial charge in [0.1, 0.15) is 5.60 Å². The number of hydrogen-bond donors (Lipinski definition) is 2. The van der Waals surface area contributed by atoms with Crippen LogP contribution in [0.15, 0.2) is 24.3 Å². The molecule has 0 aliphatic heterocycles. The molecule has 0 aliphatic rings. The quantitative estimate of drug-likeness (QED) is 0.849. The zero-order chi connectivity index (χ0) is 12.9. The van der Waals surface area contributed by atoms with Crippen LogP contribution in [0.3, 0.4) is 0 Å². The fraction of sp³-hybridized carbons (Fsp3) is 0.462. The molecule has 0 aromatic heterocycles. The van der Waals surface area contributed by atoms with Gasteiger partial charge in [-0.3, -0.25) is 4.79 Å². The first kappa shape index (κ1) is 14.0. The standard InChI is InChI=1S/C13H18ClNO2/c1-3-4-12(16)15-9-13(2,17)10-5-7-11(14)8-6-10/h5-8,17H,3-4,9H2,1-2H3,(H,15,16). The number of aliphatic hydroxyl groups is 1. The van der Waals surface area contributed by atoms with Crippen LogP contribution in [0, 0.1) is 0 Å². The Bertz CT molecular complexity index is 374. The summed E-state index contributed by atoms with van der Waals surface area (Å²) in [6.07, 6.45) is 1.28. The van der Waals surface area contributed by atoms with Crippen molar-refractivity contribution in [2.75, 3.05) is 6.54 Å². The van der Waals surface area contributed by atoms with E-state index in [1.54, 1.807) is 31.2 Å². The summed E-state index contributed by atoms with van der Waals surface area (Å²) in [5.74, 6) is -0.0401. The van der Waals surface area contributed by atoms with E-state index in [4.69, 9.17) is 11.6 Å². The van der Waals surface area contributed by atoms with Gasteiger partial charge in [-0.1, -0.05) is 30.7 Å². The summed E-state index contributed by atoms with van der Waals surface area (Å²) in [5, 5.41) is 13.6. The maximum atomic E-state index is 11.3. The third-order valence-electron chi connectivity index (χ3n) is 2.57. The van der Waals surface area contributed by atoms with Crippen LogP contribution < -0.4 is 5.32 Å². The summed E-state index contributed by atoms with van der Waals surface area (Å²) < 4.78 is 0. The summed E-state index contributed by atoms with van der Waals surface area (Å²) >= 11 is 5.78. The molecule has 1 aromatic rings. The van der Waals surface area contributed by atoms with E-state index in [1.807, 2.05) is 6.92 Å². The molecule has 2 N–H and O–H groups in total. The Morgan fingerprint density at radius 1 is 1.41 bits per heavy atom. The lowest BCUT2D eigenvalue weighted by Crippen LogP contribution is -2.38. The number of amides is 1. The zero-order valence-electron chi connectivity index (χ0n) is 10.2. The molecule has 1 rings (SSSR count). The van der Waals surface area contributed by atoms with Crippen LogP contribution in [-0.4, -0.2) is 17.6 Å². The van der Waals surface area contributed by atoms with Gasteiger partial charge in [-0.15, -0.1) is 0 Å². The first-order valence-corrected chi connectivity index (χ1v) is 6.08. The van der Waals surface area contributed by atoms with Gasteiger partial charge in [0.15, 0.2) is 0 Å². The van der Waals surface area contributed by atoms with Crippen LogP contribution in [0.4, 0.5) is 0 Å². The minimum Gasteiger partial charge on any atom is -0.384 e. The largest absolute Gasteiger partial charge is 0.384 e. The van der Waals surface area contributed by atoms with Crippen LogP contribution in [0.5, 0.6) is 0 Å². The van der Waals surface area contributed by atoms with Gasteiger partial charge in [-0.2, -0.15) is 0 Å². The normalized spacial score (nSPS) is 14.1. The minimum absolute atomic E-state index is 0.0401. The second-order valence-corrected chi connectivity index (χ2v) is 4.74. The maximum Gasteiger partial charge on any atom is 0.220 e. The van der Waals surface area contributed by atoms with Crippen LogP contribution in [0.1, 0.15) is 32.3 Å². The van der Waals surface area contributed by atoms with Crippen LogP contribution in [-0.2, 0) is 10.4 Å². The molecular formula is C13H18ClNO2. The fourth-order valence-corrected chi connectivity index (χ4v) is 1.62. The monoisotopic (exact) mass is 255 g/mol. The van der Waals surface area contributed by atoms with Crippen molar-refractivity contribution in [3.05, 3.63) is 34.9 Å². The third-order valence-corrected chi connectivity index (χ3v) is 2.82. The van der Waals surface area contributed by atoms with E-state index in [1.165, 1.54) is 0 Å². The average Bonchev–Trinajstić information content (AvgIpc) is 2.28. The molecule has 0 aliphatic carbocycles. The predicted molar refractivity (Wildman–Crippen MR) is 68.9 cm³/mol. The van der Waals surface area contributed by atoms with E-state index in [0.29, 0.717) is 11.4 Å². The van der Waals surface area contributed by atoms with Crippen molar-refractivity contribution in [3.63, 3.8) is 0 Å². The highest BCUT2D eigenvalue weighted by molar-refractivity contribution is 6.30. The number of carbonyl (C=O) groups is 1. The van der Waals surface area contributed by atoms with Gasteiger partial charge in [0.05, 0.1) is 6.54 Å². The van der Waals surface area contributed by atoms with Crippen molar-refractivity contribution in [2.24, 2.45) is 0 Å². The van der Waals surface area contributed by atoms with Crippen LogP contribution in [0.2, 0.25) is 5.02 Å². The molecule has 0 fully saturated rings. The van der Waals surface area contributed by atoms with Crippen LogP contribution in [0.25, 0.3) is 0 Å². The maximum absolute atomic E-state index is 11.3. The lowest BCUT2D eigenvalue weighted by molar-refractivity contribution is -0.122. The number of rotatable bonds is 5. The first-order chi connectivity index (χ1) is 7.95. The third kappa shape index (κ3) is 4.36. The molecule has 0 saturated heterocycles. The van der Waals surface area contributed by atoms with E-state index in [2.05, 4.69) is 5.32 Å². The molecule has 0 bridgehead atoms. The number of halogens is 1. The van der Waals surface area contributed by atoms with E-state index < -0.39 is 5.60 Å². The highest BCUT2D eigenvalue weighted by atomic mass is 35.5. The van der Waals surface area contributed by atoms with Gasteiger partial charge in [0, 0.05) is 11.4 Å². The van der Waals surface area contributed by atoms with Gasteiger partial charge in [-0.25, -0.2) is 0 Å². The summed E-state index contributed by atoms with van der Waals surface area (Å²) in [6, 6.07) is 6.96. The van der Waals surface area contributed by atoms with Crippen molar-refractivity contribution in [1.29, 1.82) is 0 Å². The van der Waals surface area contributed by atoms with Crippen LogP contribution >= 0.6 is 11.6 Å². The predicted octanol–water partition coefficient (Wildman–Crippen LogP) is 2.46. The summed E-state index contributed by atoms with van der Waals surface area (Å²) in [5.41, 5.74) is -0.341. The number of hydrogen-bond acceptors (Lipinski definition) is 2. The fourth-order valence-electron chi connectivity index (χ4n) is 1.50. The Balaban J connectivity index is 2.61. The molecule has 1 atom stereocenters. The zero-order valence-corrected chi connectivity index (χ0v) is 10.9. The number of nitrogens with one attached hydrogen (secondary N) is 1. The molecule has 0 spiro atoms. The molecule has 1 amide bonds. The Labute approximate surface area is 107 Å². The summed E-state index contributed by atoms with van der Waals surface area (Å²) in [4.78, 5) is 11.3. The molecule has 0 radical (unpaired) electrons. The molecule has 1 aromatic carbocycles. The Morgan fingerprint density at radius 3 is 2.53 bits per heavy atom. The Hall–Kier alpha value is -1.06. The van der Waals surface area contributed by atoms with Crippen molar-refractivity contribution >= 4 is 17.5 Å². The van der Waals surface area contributed by atoms with Gasteiger partial charge < -0.3 is 10.4 Å². The second-order valence-electron chi connectivity index (χ2n) is 4.31. The van der Waals surface area contributed by atoms with Gasteiger partial charge >= 0.3 is 0 Å². The van der Waals surface area contributed by atoms with Crippen molar-refractivity contribution in [2.45, 2.75) is 32.3 Å². The molecule has 1 unspecified atom stereocenters. The molecule has 17 heavy (non-hydrogen) atoms. The summed E-state index contributed by atoms with van der Waals surface area (Å²) in [6.45, 7) is 3.81. The summed E-state index contributed by atoms with van der Waals surface area (Å²) in [7, 11) is 0. The molecule has 0 heterocycles. The lowest BCUT2D eigenvalue weighted by atomic mass is 9.96. The van der Waals surface area contributed by atoms with Gasteiger partial charge in [0.25, 0.3) is 0 Å². The van der Waals surface area contributed by atoms with Gasteiger partial charge in [0.2, 0.25) is 5.91 Å². The molecular weight excluding hydrogens is 238 g/mol. The Morgan fingerprint density at radius 2 is 2.00 bits per heavy atom. The highest BCUT2D eigenvalue weighted by Crippen LogP contribution is 2.21. The highest BCUT2D eigenvalue weighted by Gasteiger charge is 2.23. The molecule has 0 saturated carbocycles. The second kappa shape index (κ2) is 6.03. The van der Waals surface area contributed by atoms with Crippen molar-refractivity contribution < 1.29 is 9.90 Å². The van der Waals surface area contributed by atoms with Gasteiger partial charge in [-0.05, 0) is 31.0 Å². The lowest BCUT2D eigenvalue weighted by Gasteiger charge is -2.24. The van der Waals surface area contributed by atoms with E-state index in [-0.39, 0.29) is 12.5 Å². The van der Waals surface area contributed by atoms with Crippen molar-refractivity contribution in [1.82, 2.24) is 5.32 Å². The van der Waals surface area contributed by atoms with Crippen molar-refractivity contribution in [3.8, 4) is 0 Å². The molecule has 4 heteroatoms. The molecule has 3 nitrogen and oxygen atoms in total. The first-order valence-electron chi connectivity index (χ1n) is 5.71. The molecule has 94 valence electrons.